The highest BCUT2D eigenvalue weighted by Crippen LogP contribution is 2.36. The van der Waals surface area contributed by atoms with E-state index in [1.165, 1.54) is 5.56 Å². The van der Waals surface area contributed by atoms with Crippen LogP contribution < -0.4 is 10.4 Å². The van der Waals surface area contributed by atoms with E-state index in [-0.39, 0.29) is 16.6 Å². The van der Waals surface area contributed by atoms with Crippen LogP contribution in [0.1, 0.15) is 40.2 Å². The summed E-state index contributed by atoms with van der Waals surface area (Å²) in [5.41, 5.74) is 1.95. The van der Waals surface area contributed by atoms with Crippen molar-refractivity contribution in [2.24, 2.45) is 0 Å². The summed E-state index contributed by atoms with van der Waals surface area (Å²) in [6, 6.07) is 8.36. The zero-order valence-corrected chi connectivity index (χ0v) is 15.8. The van der Waals surface area contributed by atoms with Gasteiger partial charge in [-0.3, -0.25) is 9.38 Å². The van der Waals surface area contributed by atoms with Crippen LogP contribution in [-0.4, -0.2) is 53.2 Å². The van der Waals surface area contributed by atoms with Gasteiger partial charge in [0.2, 0.25) is 0 Å². The molecule has 1 aliphatic heterocycles. The van der Waals surface area contributed by atoms with Crippen molar-refractivity contribution in [3.63, 3.8) is 0 Å². The molecule has 2 rings (SSSR count). The van der Waals surface area contributed by atoms with E-state index in [0.29, 0.717) is 0 Å². The zero-order chi connectivity index (χ0) is 18.1. The van der Waals surface area contributed by atoms with Crippen LogP contribution in [0.25, 0.3) is 0 Å². The van der Waals surface area contributed by atoms with Gasteiger partial charge < -0.3 is 15.2 Å². The first-order chi connectivity index (χ1) is 11.1. The van der Waals surface area contributed by atoms with Crippen LogP contribution in [0, 0.1) is 0 Å². The van der Waals surface area contributed by atoms with Crippen LogP contribution >= 0.6 is 0 Å². The second-order valence-electron chi connectivity index (χ2n) is 8.05. The predicted octanol–water partition coefficient (Wildman–Crippen LogP) is 2.28. The Kier molecular flexibility index (Phi) is 5.25. The molecular formula is C19H31N3O2. The molecular weight excluding hydrogens is 302 g/mol. The number of benzene rings is 1. The molecule has 0 bridgehead atoms. The molecule has 0 aliphatic carbocycles. The first-order valence-corrected chi connectivity index (χ1v) is 8.72. The predicted molar refractivity (Wildman–Crippen MR) is 95.6 cm³/mol. The Hall–Kier alpha value is -1.59. The minimum absolute atomic E-state index is 0.0161. The van der Waals surface area contributed by atoms with Crippen molar-refractivity contribution in [1.29, 1.82) is 0 Å². The van der Waals surface area contributed by atoms with Crippen molar-refractivity contribution in [1.82, 2.24) is 4.90 Å². The molecule has 0 aromatic heterocycles. The van der Waals surface area contributed by atoms with E-state index < -0.39 is 11.6 Å². The fourth-order valence-corrected chi connectivity index (χ4v) is 4.63. The largest absolute Gasteiger partial charge is 0.498 e. The van der Waals surface area contributed by atoms with Crippen LogP contribution in [0.5, 0.6) is 0 Å². The number of piperazine rings is 1. The third-order valence-electron chi connectivity index (χ3n) is 5.50. The second-order valence-corrected chi connectivity index (χ2v) is 8.05. The molecule has 134 valence electrons. The molecule has 0 spiro atoms. The topological polar surface area (TPSA) is 55.4 Å². The molecule has 1 heterocycles. The van der Waals surface area contributed by atoms with Gasteiger partial charge in [0.05, 0.1) is 18.6 Å². The number of hydrogen-bond acceptors (Lipinski definition) is 4. The fourth-order valence-electron chi connectivity index (χ4n) is 4.63. The molecule has 1 fully saturated rings. The molecule has 24 heavy (non-hydrogen) atoms. The minimum Gasteiger partial charge on any atom is -0.498 e. The Bertz CT molecular complexity index is 565. The van der Waals surface area contributed by atoms with Crippen LogP contribution in [0.4, 0.5) is 10.5 Å². The summed E-state index contributed by atoms with van der Waals surface area (Å²) in [6.45, 7) is 12.4. The summed E-state index contributed by atoms with van der Waals surface area (Å²) in [6.07, 6.45) is -0.958. The van der Waals surface area contributed by atoms with Gasteiger partial charge in [0.15, 0.2) is 0 Å². The first-order valence-electron chi connectivity index (χ1n) is 8.72. The van der Waals surface area contributed by atoms with E-state index in [2.05, 4.69) is 34.5 Å². The molecule has 1 aromatic carbocycles. The molecule has 3 atom stereocenters. The Balaban J connectivity index is 2.18. The molecule has 5 heteroatoms. The number of carboxylic acid groups (broad SMARTS) is 1. The Morgan fingerprint density at radius 2 is 1.71 bits per heavy atom. The monoisotopic (exact) mass is 333 g/mol. The van der Waals surface area contributed by atoms with Crippen LogP contribution in [0.2, 0.25) is 0 Å². The van der Waals surface area contributed by atoms with Crippen molar-refractivity contribution in [3.8, 4) is 0 Å². The molecule has 1 aromatic rings. The number of amides is 1. The lowest BCUT2D eigenvalue weighted by atomic mass is 9.91. The molecule has 0 saturated carbocycles. The van der Waals surface area contributed by atoms with Crippen LogP contribution in [0.3, 0.4) is 0 Å². The van der Waals surface area contributed by atoms with Gasteiger partial charge >= 0.3 is 0 Å². The third kappa shape index (κ3) is 3.15. The van der Waals surface area contributed by atoms with E-state index in [9.17, 15) is 9.90 Å². The number of anilines is 1. The van der Waals surface area contributed by atoms with Crippen molar-refractivity contribution in [2.75, 3.05) is 25.5 Å². The lowest BCUT2D eigenvalue weighted by molar-refractivity contribution is -0.963. The van der Waals surface area contributed by atoms with Crippen molar-refractivity contribution >= 4 is 11.8 Å². The van der Waals surface area contributed by atoms with E-state index in [1.807, 2.05) is 41.7 Å². The van der Waals surface area contributed by atoms with Gasteiger partial charge in [-0.1, -0.05) is 12.1 Å². The summed E-state index contributed by atoms with van der Waals surface area (Å²) in [4.78, 5) is 14.5. The average molecular weight is 333 g/mol. The number of rotatable bonds is 3. The minimum atomic E-state index is -0.958. The standard InChI is InChI=1S/C19H31N3O2/c1-14-11-21(13-16-7-9-17(20-6)10-8-16)12-15(2)22(14,18(23)24)19(3,4)5/h7-10,14-15,20H,11-13H2,1-6H3/t14-,15+,22?. The number of nitrogens with one attached hydrogen (secondary N) is 1. The normalized spacial score (nSPS) is 28.6. The van der Waals surface area contributed by atoms with E-state index in [4.69, 9.17) is 0 Å². The number of hydrogen-bond donors (Lipinski definition) is 1. The smallest absolute Gasteiger partial charge is 0.258 e. The van der Waals surface area contributed by atoms with Gasteiger partial charge in [-0.05, 0) is 52.3 Å². The highest BCUT2D eigenvalue weighted by molar-refractivity contribution is 5.55. The Labute approximate surface area is 145 Å². The van der Waals surface area contributed by atoms with Gasteiger partial charge in [0, 0.05) is 19.3 Å². The van der Waals surface area contributed by atoms with Gasteiger partial charge in [-0.15, -0.1) is 0 Å². The lowest BCUT2D eigenvalue weighted by Gasteiger charge is -2.59. The highest BCUT2D eigenvalue weighted by atomic mass is 16.4. The van der Waals surface area contributed by atoms with E-state index in [1.54, 1.807) is 0 Å². The summed E-state index contributed by atoms with van der Waals surface area (Å²) in [5.74, 6) is 0. The molecule has 5 nitrogen and oxygen atoms in total. The molecule has 1 aliphatic rings. The maximum Gasteiger partial charge on any atom is 0.258 e. The van der Waals surface area contributed by atoms with Crippen LogP contribution in [0.15, 0.2) is 24.3 Å². The maximum atomic E-state index is 12.1. The van der Waals surface area contributed by atoms with Crippen molar-refractivity contribution in [2.45, 2.75) is 58.8 Å². The van der Waals surface area contributed by atoms with Crippen molar-refractivity contribution < 1.29 is 14.4 Å². The van der Waals surface area contributed by atoms with Gasteiger partial charge in [0.1, 0.15) is 12.1 Å². The summed E-state index contributed by atoms with van der Waals surface area (Å²) in [7, 11) is 1.91. The lowest BCUT2D eigenvalue weighted by Crippen LogP contribution is -2.79. The molecule has 1 unspecified atom stereocenters. The molecule has 1 amide bonds. The third-order valence-corrected chi connectivity index (χ3v) is 5.50. The molecule has 1 N–H and O–H groups in total. The summed E-state index contributed by atoms with van der Waals surface area (Å²) >= 11 is 0. The summed E-state index contributed by atoms with van der Waals surface area (Å²) in [5, 5.41) is 15.2. The van der Waals surface area contributed by atoms with Gasteiger partial charge in [-0.25, -0.2) is 0 Å². The van der Waals surface area contributed by atoms with Gasteiger partial charge in [0.25, 0.3) is 6.09 Å². The van der Waals surface area contributed by atoms with Crippen LogP contribution in [-0.2, 0) is 6.54 Å². The fraction of sp³-hybridized carbons (Fsp3) is 0.632. The highest BCUT2D eigenvalue weighted by Gasteiger charge is 2.54. The number of carbonyl (C=O) groups is 1. The average Bonchev–Trinajstić information content (AvgIpc) is 2.45. The Morgan fingerprint density at radius 3 is 2.08 bits per heavy atom. The maximum absolute atomic E-state index is 12.1. The quantitative estimate of drug-likeness (QED) is 0.862. The number of nitrogens with zero attached hydrogens (tertiary/aromatic N) is 2. The van der Waals surface area contributed by atoms with E-state index >= 15 is 0 Å². The van der Waals surface area contributed by atoms with Gasteiger partial charge in [-0.2, -0.15) is 0 Å². The zero-order valence-electron chi connectivity index (χ0n) is 15.8. The molecule has 0 radical (unpaired) electrons. The Morgan fingerprint density at radius 1 is 1.21 bits per heavy atom. The second kappa shape index (κ2) is 6.73. The number of carbonyl (C=O) groups excluding carboxylic acids is 1. The van der Waals surface area contributed by atoms with E-state index in [0.717, 1.165) is 25.3 Å². The SMILES string of the molecule is CNc1ccc(CN2C[C@@H](C)[N+](C(=O)[O-])(C(C)(C)C)[C@@H](C)C2)cc1. The first kappa shape index (κ1) is 18.7. The molecule has 1 saturated heterocycles. The number of quaternary nitrogens is 1. The van der Waals surface area contributed by atoms with Crippen molar-refractivity contribution in [3.05, 3.63) is 29.8 Å². The summed E-state index contributed by atoms with van der Waals surface area (Å²) < 4.78 is 0.0161.